The Bertz CT molecular complexity index is 332. The van der Waals surface area contributed by atoms with Gasteiger partial charge in [-0.05, 0) is 37.1 Å². The highest BCUT2D eigenvalue weighted by Gasteiger charge is 2.24. The maximum Gasteiger partial charge on any atom is 0.412 e. The third kappa shape index (κ3) is 2.45. The van der Waals surface area contributed by atoms with Crippen molar-refractivity contribution in [3.05, 3.63) is 30.1 Å². The van der Waals surface area contributed by atoms with Crippen molar-refractivity contribution in [1.29, 1.82) is 0 Å². The van der Waals surface area contributed by atoms with E-state index in [9.17, 15) is 9.18 Å². The fourth-order valence-electron chi connectivity index (χ4n) is 1.03. The summed E-state index contributed by atoms with van der Waals surface area (Å²) in [6.07, 6.45) is 1.55. The highest BCUT2D eigenvalue weighted by Crippen LogP contribution is 2.19. The lowest BCUT2D eigenvalue weighted by molar-refractivity contribution is 0.200. The first-order chi connectivity index (χ1) is 6.74. The lowest BCUT2D eigenvalue weighted by Gasteiger charge is -2.04. The molecule has 0 saturated heterocycles. The van der Waals surface area contributed by atoms with Crippen LogP contribution in [-0.2, 0) is 0 Å². The van der Waals surface area contributed by atoms with E-state index in [-0.39, 0.29) is 11.9 Å². The Morgan fingerprint density at radius 1 is 1.36 bits per heavy atom. The number of benzene rings is 1. The molecule has 0 atom stereocenters. The molecular formula is C10H10FNO2. The van der Waals surface area contributed by atoms with Crippen molar-refractivity contribution in [3.63, 3.8) is 0 Å². The highest BCUT2D eigenvalue weighted by molar-refractivity contribution is 5.70. The van der Waals surface area contributed by atoms with Gasteiger partial charge in [0.2, 0.25) is 0 Å². The van der Waals surface area contributed by atoms with Gasteiger partial charge in [0.05, 0.1) is 0 Å². The molecule has 1 aliphatic carbocycles. The van der Waals surface area contributed by atoms with Crippen molar-refractivity contribution >= 4 is 6.09 Å². The van der Waals surface area contributed by atoms with Gasteiger partial charge in [-0.3, -0.25) is 0 Å². The second-order valence-corrected chi connectivity index (χ2v) is 3.26. The van der Waals surface area contributed by atoms with E-state index in [0.29, 0.717) is 5.75 Å². The summed E-state index contributed by atoms with van der Waals surface area (Å²) < 4.78 is 17.4. The van der Waals surface area contributed by atoms with E-state index in [1.807, 2.05) is 0 Å². The number of nitrogens with one attached hydrogen (secondary N) is 1. The number of hydrogen-bond acceptors (Lipinski definition) is 2. The molecule has 1 aliphatic rings. The Morgan fingerprint density at radius 3 is 2.57 bits per heavy atom. The van der Waals surface area contributed by atoms with Gasteiger partial charge in [-0.2, -0.15) is 0 Å². The molecule has 4 heteroatoms. The summed E-state index contributed by atoms with van der Waals surface area (Å²) >= 11 is 0. The lowest BCUT2D eigenvalue weighted by atomic mass is 10.3. The van der Waals surface area contributed by atoms with Gasteiger partial charge in [0.1, 0.15) is 11.6 Å². The molecule has 0 spiro atoms. The van der Waals surface area contributed by atoms with Gasteiger partial charge in [0, 0.05) is 6.04 Å². The van der Waals surface area contributed by atoms with E-state index in [1.165, 1.54) is 24.3 Å². The maximum atomic E-state index is 12.5. The van der Waals surface area contributed by atoms with Crippen LogP contribution in [-0.4, -0.2) is 12.1 Å². The molecule has 74 valence electrons. The van der Waals surface area contributed by atoms with Crippen LogP contribution >= 0.6 is 0 Å². The van der Waals surface area contributed by atoms with Gasteiger partial charge in [-0.15, -0.1) is 0 Å². The number of halogens is 1. The van der Waals surface area contributed by atoms with Crippen molar-refractivity contribution < 1.29 is 13.9 Å². The first-order valence-electron chi connectivity index (χ1n) is 4.48. The van der Waals surface area contributed by atoms with Crippen LogP contribution in [0.25, 0.3) is 0 Å². The van der Waals surface area contributed by atoms with Crippen LogP contribution < -0.4 is 10.1 Å². The van der Waals surface area contributed by atoms with Crippen LogP contribution in [0.3, 0.4) is 0 Å². The smallest absolute Gasteiger partial charge is 0.410 e. The molecule has 0 aromatic heterocycles. The van der Waals surface area contributed by atoms with Gasteiger partial charge >= 0.3 is 6.09 Å². The van der Waals surface area contributed by atoms with Gasteiger partial charge < -0.3 is 10.1 Å². The lowest BCUT2D eigenvalue weighted by Crippen LogP contribution is -2.28. The minimum absolute atomic E-state index is 0.267. The van der Waals surface area contributed by atoms with Gasteiger partial charge in [-0.25, -0.2) is 9.18 Å². The average molecular weight is 195 g/mol. The van der Waals surface area contributed by atoms with E-state index in [2.05, 4.69) is 5.32 Å². The zero-order valence-electron chi connectivity index (χ0n) is 7.50. The van der Waals surface area contributed by atoms with E-state index in [0.717, 1.165) is 12.8 Å². The highest BCUT2D eigenvalue weighted by atomic mass is 19.1. The van der Waals surface area contributed by atoms with Crippen LogP contribution in [0.5, 0.6) is 5.75 Å². The standard InChI is InChI=1S/C10H10FNO2/c11-7-1-5-9(6-2-7)14-10(13)12-8-3-4-8/h1-2,5-6,8H,3-4H2,(H,12,13). The Kier molecular flexibility index (Phi) is 2.35. The first kappa shape index (κ1) is 8.99. The minimum atomic E-state index is -0.473. The van der Waals surface area contributed by atoms with Crippen molar-refractivity contribution in [1.82, 2.24) is 5.32 Å². The first-order valence-corrected chi connectivity index (χ1v) is 4.48. The predicted octanol–water partition coefficient (Wildman–Crippen LogP) is 2.08. The van der Waals surface area contributed by atoms with E-state index >= 15 is 0 Å². The van der Waals surface area contributed by atoms with Crippen LogP contribution in [0, 0.1) is 5.82 Å². The summed E-state index contributed by atoms with van der Waals surface area (Å²) in [7, 11) is 0. The molecule has 0 radical (unpaired) electrons. The summed E-state index contributed by atoms with van der Waals surface area (Å²) in [4.78, 5) is 11.1. The largest absolute Gasteiger partial charge is 0.412 e. The molecule has 14 heavy (non-hydrogen) atoms. The van der Waals surface area contributed by atoms with Crippen molar-refractivity contribution in [3.8, 4) is 5.75 Å². The maximum absolute atomic E-state index is 12.5. The molecule has 0 aliphatic heterocycles. The quantitative estimate of drug-likeness (QED) is 0.784. The summed E-state index contributed by atoms with van der Waals surface area (Å²) in [5.41, 5.74) is 0. The zero-order valence-corrected chi connectivity index (χ0v) is 7.50. The van der Waals surface area contributed by atoms with Crippen LogP contribution in [0.2, 0.25) is 0 Å². The SMILES string of the molecule is O=C(NC1CC1)Oc1ccc(F)cc1. The van der Waals surface area contributed by atoms with Gasteiger partial charge in [-0.1, -0.05) is 0 Å². The fourth-order valence-corrected chi connectivity index (χ4v) is 1.03. The van der Waals surface area contributed by atoms with Crippen LogP contribution in [0.4, 0.5) is 9.18 Å². The molecule has 3 nitrogen and oxygen atoms in total. The number of rotatable bonds is 2. The van der Waals surface area contributed by atoms with Crippen molar-refractivity contribution in [2.45, 2.75) is 18.9 Å². The molecule has 1 fully saturated rings. The summed E-state index contributed by atoms with van der Waals surface area (Å²) in [5, 5.41) is 2.66. The number of hydrogen-bond donors (Lipinski definition) is 1. The molecule has 1 aromatic carbocycles. The Morgan fingerprint density at radius 2 is 2.00 bits per heavy atom. The van der Waals surface area contributed by atoms with Crippen LogP contribution in [0.15, 0.2) is 24.3 Å². The molecule has 1 N–H and O–H groups in total. The minimum Gasteiger partial charge on any atom is -0.410 e. The van der Waals surface area contributed by atoms with E-state index in [1.54, 1.807) is 0 Å². The van der Waals surface area contributed by atoms with Crippen LogP contribution in [0.1, 0.15) is 12.8 Å². The van der Waals surface area contributed by atoms with Crippen molar-refractivity contribution in [2.24, 2.45) is 0 Å². The zero-order chi connectivity index (χ0) is 9.97. The number of carbonyl (C=O) groups is 1. The molecule has 0 unspecified atom stereocenters. The number of amides is 1. The second-order valence-electron chi connectivity index (χ2n) is 3.26. The summed E-state index contributed by atoms with van der Waals surface area (Å²) in [6.45, 7) is 0. The molecule has 1 amide bonds. The molecule has 0 bridgehead atoms. The number of carbonyl (C=O) groups excluding carboxylic acids is 1. The third-order valence-corrected chi connectivity index (χ3v) is 1.92. The Balaban J connectivity index is 1.89. The molecular weight excluding hydrogens is 185 g/mol. The van der Waals surface area contributed by atoms with E-state index in [4.69, 9.17) is 4.74 Å². The predicted molar refractivity (Wildman–Crippen MR) is 48.6 cm³/mol. The Labute approximate surface area is 80.9 Å². The normalized spacial score (nSPS) is 14.9. The monoisotopic (exact) mass is 195 g/mol. The number of ether oxygens (including phenoxy) is 1. The third-order valence-electron chi connectivity index (χ3n) is 1.92. The van der Waals surface area contributed by atoms with Crippen molar-refractivity contribution in [2.75, 3.05) is 0 Å². The fraction of sp³-hybridized carbons (Fsp3) is 0.300. The molecule has 0 heterocycles. The molecule has 2 rings (SSSR count). The van der Waals surface area contributed by atoms with Gasteiger partial charge in [0.25, 0.3) is 0 Å². The van der Waals surface area contributed by atoms with E-state index < -0.39 is 6.09 Å². The molecule has 1 aromatic rings. The average Bonchev–Trinajstić information content (AvgIpc) is 2.93. The second kappa shape index (κ2) is 3.65. The topological polar surface area (TPSA) is 38.3 Å². The van der Waals surface area contributed by atoms with Gasteiger partial charge in [0.15, 0.2) is 0 Å². The molecule has 1 saturated carbocycles. The summed E-state index contributed by atoms with van der Waals surface area (Å²) in [6, 6.07) is 5.60. The Hall–Kier alpha value is -1.58. The summed E-state index contributed by atoms with van der Waals surface area (Å²) in [5.74, 6) is 0.00417.